The van der Waals surface area contributed by atoms with Gasteiger partial charge in [-0.25, -0.2) is 17.2 Å². The second kappa shape index (κ2) is 13.3. The summed E-state index contributed by atoms with van der Waals surface area (Å²) in [6.45, 7) is 5.29. The topological polar surface area (TPSA) is 86.8 Å². The average molecular weight is 558 g/mol. The number of benzene rings is 3. The summed E-state index contributed by atoms with van der Waals surface area (Å²) in [5.41, 5.74) is 1.71. The second-order valence-electron chi connectivity index (χ2n) is 9.16. The number of sulfonamides is 1. The van der Waals surface area contributed by atoms with Gasteiger partial charge in [0.2, 0.25) is 11.8 Å². The number of rotatable bonds is 12. The number of nitrogens with one attached hydrogen (secondary N) is 1. The first kappa shape index (κ1) is 29.8. The van der Waals surface area contributed by atoms with Crippen LogP contribution in [0.3, 0.4) is 0 Å². The third-order valence-corrected chi connectivity index (χ3v) is 7.99. The van der Waals surface area contributed by atoms with Crippen LogP contribution in [-0.2, 0) is 26.2 Å². The van der Waals surface area contributed by atoms with Crippen molar-refractivity contribution in [2.75, 3.05) is 17.4 Å². The summed E-state index contributed by atoms with van der Waals surface area (Å²) in [5.74, 6) is -2.02. The largest absolute Gasteiger partial charge is 0.354 e. The van der Waals surface area contributed by atoms with Gasteiger partial charge in [0.15, 0.2) is 0 Å². The summed E-state index contributed by atoms with van der Waals surface area (Å²) < 4.78 is 55.5. The highest BCUT2D eigenvalue weighted by atomic mass is 32.2. The lowest BCUT2D eigenvalue weighted by molar-refractivity contribution is -0.140. The van der Waals surface area contributed by atoms with Crippen LogP contribution in [0.1, 0.15) is 37.8 Å². The Balaban J connectivity index is 2.03. The first-order chi connectivity index (χ1) is 18.6. The third kappa shape index (κ3) is 7.63. The van der Waals surface area contributed by atoms with E-state index in [1.807, 2.05) is 13.8 Å². The van der Waals surface area contributed by atoms with Crippen molar-refractivity contribution in [1.29, 1.82) is 0 Å². The summed E-state index contributed by atoms with van der Waals surface area (Å²) in [6, 6.07) is 15.6. The molecule has 0 heterocycles. The van der Waals surface area contributed by atoms with E-state index in [0.29, 0.717) is 18.5 Å². The molecule has 0 bridgehead atoms. The van der Waals surface area contributed by atoms with Crippen molar-refractivity contribution in [2.24, 2.45) is 0 Å². The van der Waals surface area contributed by atoms with Gasteiger partial charge in [0, 0.05) is 13.1 Å². The number of hydrogen-bond acceptors (Lipinski definition) is 4. The normalized spacial score (nSPS) is 12.0. The molecule has 2 amide bonds. The zero-order valence-electron chi connectivity index (χ0n) is 22.2. The minimum atomic E-state index is -4.29. The summed E-state index contributed by atoms with van der Waals surface area (Å²) in [4.78, 5) is 28.1. The van der Waals surface area contributed by atoms with Gasteiger partial charge >= 0.3 is 0 Å². The molecule has 0 aromatic heterocycles. The second-order valence-corrected chi connectivity index (χ2v) is 11.0. The van der Waals surface area contributed by atoms with Crippen LogP contribution in [0, 0.1) is 18.6 Å². The van der Waals surface area contributed by atoms with E-state index in [1.54, 1.807) is 31.2 Å². The molecule has 208 valence electrons. The molecule has 3 aromatic rings. The van der Waals surface area contributed by atoms with Gasteiger partial charge in [0.1, 0.15) is 24.2 Å². The highest BCUT2D eigenvalue weighted by Crippen LogP contribution is 2.25. The molecule has 1 N–H and O–H groups in total. The number of hydrogen-bond donors (Lipinski definition) is 1. The zero-order chi connectivity index (χ0) is 28.6. The Morgan fingerprint density at radius 3 is 1.97 bits per heavy atom. The number of carbonyl (C=O) groups is 2. The molecule has 0 fully saturated rings. The summed E-state index contributed by atoms with van der Waals surface area (Å²) in [7, 11) is -4.29. The zero-order valence-corrected chi connectivity index (χ0v) is 23.0. The van der Waals surface area contributed by atoms with Gasteiger partial charge in [-0.2, -0.15) is 0 Å². The highest BCUT2D eigenvalue weighted by molar-refractivity contribution is 7.92. The van der Waals surface area contributed by atoms with Crippen molar-refractivity contribution in [3.05, 3.63) is 95.6 Å². The maximum Gasteiger partial charge on any atom is 0.264 e. The Morgan fingerprint density at radius 2 is 1.44 bits per heavy atom. The number of carbonyl (C=O) groups excluding carboxylic acids is 2. The van der Waals surface area contributed by atoms with Gasteiger partial charge in [-0.15, -0.1) is 0 Å². The van der Waals surface area contributed by atoms with E-state index >= 15 is 0 Å². The molecular formula is C29H33F2N3O4S. The van der Waals surface area contributed by atoms with Gasteiger partial charge in [-0.05, 0) is 73.9 Å². The van der Waals surface area contributed by atoms with E-state index < -0.39 is 40.2 Å². The van der Waals surface area contributed by atoms with Crippen LogP contribution in [0.4, 0.5) is 14.5 Å². The lowest BCUT2D eigenvalue weighted by Gasteiger charge is -2.33. The Kier molecular flexibility index (Phi) is 10.2. The van der Waals surface area contributed by atoms with Gasteiger partial charge in [-0.3, -0.25) is 13.9 Å². The Labute approximate surface area is 228 Å². The molecule has 0 saturated carbocycles. The monoisotopic (exact) mass is 557 g/mol. The molecule has 39 heavy (non-hydrogen) atoms. The van der Waals surface area contributed by atoms with Gasteiger partial charge in [0.05, 0.1) is 10.6 Å². The molecule has 0 unspecified atom stereocenters. The fraction of sp³-hybridized carbons (Fsp3) is 0.310. The first-order valence-corrected chi connectivity index (χ1v) is 14.2. The minimum Gasteiger partial charge on any atom is -0.354 e. The molecule has 3 rings (SSSR count). The molecule has 0 aliphatic heterocycles. The molecule has 0 aliphatic rings. The maximum absolute atomic E-state index is 13.9. The van der Waals surface area contributed by atoms with Gasteiger partial charge in [-0.1, -0.05) is 43.7 Å². The standard InChI is InChI=1S/C29H33F2N3O4S/c1-4-18-32-29(36)27(5-2)33(19-22-8-10-23(30)11-9-22)28(35)20-34(25-14-6-21(3)7-15-25)39(37,38)26-16-12-24(31)13-17-26/h6-17,27H,4-5,18-20H2,1-3H3,(H,32,36)/t27-/m0/s1. The molecule has 3 aromatic carbocycles. The molecule has 0 aliphatic carbocycles. The third-order valence-electron chi connectivity index (χ3n) is 6.20. The Hall–Kier alpha value is -3.79. The lowest BCUT2D eigenvalue weighted by atomic mass is 10.1. The first-order valence-electron chi connectivity index (χ1n) is 12.7. The van der Waals surface area contributed by atoms with Crippen LogP contribution in [0.5, 0.6) is 0 Å². The fourth-order valence-corrected chi connectivity index (χ4v) is 5.46. The van der Waals surface area contributed by atoms with Gasteiger partial charge < -0.3 is 10.2 Å². The van der Waals surface area contributed by atoms with Crippen molar-refractivity contribution in [2.45, 2.75) is 51.1 Å². The predicted octanol–water partition coefficient (Wildman–Crippen LogP) is 4.80. The van der Waals surface area contributed by atoms with E-state index in [0.717, 1.165) is 34.1 Å². The number of anilines is 1. The SMILES string of the molecule is CCCNC(=O)[C@H](CC)N(Cc1ccc(F)cc1)C(=O)CN(c1ccc(C)cc1)S(=O)(=O)c1ccc(F)cc1. The van der Waals surface area contributed by atoms with Crippen molar-refractivity contribution in [3.63, 3.8) is 0 Å². The number of halogens is 2. The molecular weight excluding hydrogens is 524 g/mol. The molecule has 0 radical (unpaired) electrons. The quantitative estimate of drug-likeness (QED) is 0.347. The Morgan fingerprint density at radius 1 is 0.872 bits per heavy atom. The summed E-state index contributed by atoms with van der Waals surface area (Å²) in [6.07, 6.45) is 0.975. The van der Waals surface area contributed by atoms with E-state index in [-0.39, 0.29) is 29.5 Å². The minimum absolute atomic E-state index is 0.0322. The number of aryl methyl sites for hydroxylation is 1. The molecule has 10 heteroatoms. The van der Waals surface area contributed by atoms with E-state index in [4.69, 9.17) is 0 Å². The molecule has 0 saturated heterocycles. The molecule has 7 nitrogen and oxygen atoms in total. The van der Waals surface area contributed by atoms with Crippen LogP contribution in [0.2, 0.25) is 0 Å². The average Bonchev–Trinajstić information content (AvgIpc) is 2.92. The predicted molar refractivity (Wildman–Crippen MR) is 146 cm³/mol. The maximum atomic E-state index is 13.9. The van der Waals surface area contributed by atoms with Crippen LogP contribution < -0.4 is 9.62 Å². The van der Waals surface area contributed by atoms with Crippen LogP contribution in [-0.4, -0.2) is 44.3 Å². The number of amides is 2. The van der Waals surface area contributed by atoms with E-state index in [2.05, 4.69) is 5.32 Å². The Bertz CT molecular complexity index is 1360. The van der Waals surface area contributed by atoms with Crippen molar-refractivity contribution < 1.29 is 26.8 Å². The highest BCUT2D eigenvalue weighted by Gasteiger charge is 2.33. The summed E-state index contributed by atoms with van der Waals surface area (Å²) in [5, 5.41) is 2.81. The van der Waals surface area contributed by atoms with Crippen molar-refractivity contribution in [1.82, 2.24) is 10.2 Å². The van der Waals surface area contributed by atoms with E-state index in [1.165, 1.54) is 29.2 Å². The van der Waals surface area contributed by atoms with E-state index in [9.17, 15) is 26.8 Å². The smallest absolute Gasteiger partial charge is 0.264 e. The fourth-order valence-electron chi connectivity index (χ4n) is 4.05. The lowest BCUT2D eigenvalue weighted by Crippen LogP contribution is -2.52. The van der Waals surface area contributed by atoms with Crippen molar-refractivity contribution >= 4 is 27.5 Å². The van der Waals surface area contributed by atoms with Crippen LogP contribution >= 0.6 is 0 Å². The van der Waals surface area contributed by atoms with Gasteiger partial charge in [0.25, 0.3) is 10.0 Å². The molecule has 1 atom stereocenters. The molecule has 0 spiro atoms. The van der Waals surface area contributed by atoms with Crippen molar-refractivity contribution in [3.8, 4) is 0 Å². The van der Waals surface area contributed by atoms with Crippen LogP contribution in [0.25, 0.3) is 0 Å². The summed E-state index contributed by atoms with van der Waals surface area (Å²) >= 11 is 0. The van der Waals surface area contributed by atoms with Crippen LogP contribution in [0.15, 0.2) is 77.7 Å². The number of nitrogens with zero attached hydrogens (tertiary/aromatic N) is 2.